The lowest BCUT2D eigenvalue weighted by molar-refractivity contribution is -0.255. The number of aliphatic hydroxyl groups is 1. The van der Waals surface area contributed by atoms with Gasteiger partial charge in [-0.3, -0.25) is 9.59 Å². The SMILES string of the molecule is O=C(O)CCCCC(=O)NCc1cccc(-c2cccc([C@@H]3O[C@H](CN4CCC5(CC4)OCCO5)C[C@H](c4ccc(CO)cc4)O3)c2)c1. The van der Waals surface area contributed by atoms with E-state index in [0.29, 0.717) is 39.0 Å². The van der Waals surface area contributed by atoms with Crippen molar-refractivity contribution in [1.82, 2.24) is 10.2 Å². The van der Waals surface area contributed by atoms with Crippen LogP contribution in [-0.2, 0) is 41.7 Å². The van der Waals surface area contributed by atoms with E-state index < -0.39 is 18.0 Å². The number of carboxylic acid groups (broad SMARTS) is 1. The monoisotopic (exact) mass is 658 g/mol. The molecular formula is C38H46N2O8. The zero-order valence-corrected chi connectivity index (χ0v) is 27.4. The Balaban J connectivity index is 1.13. The van der Waals surface area contributed by atoms with E-state index in [1.165, 1.54) is 0 Å². The standard InChI is InChI=1S/C38H46N2O8/c41-26-27-11-13-29(14-12-27)34-23-33(25-40-17-15-38(16-18-40)45-19-20-46-38)47-37(48-34)32-8-4-7-31(22-32)30-6-3-5-28(21-30)24-39-35(42)9-1-2-10-36(43)44/h3-8,11-14,21-22,33-34,37,41H,1-2,9-10,15-20,23-26H2,(H,39,42)(H,43,44)/t33-,34+,37+/m0/s1. The predicted octanol–water partition coefficient (Wildman–Crippen LogP) is 5.49. The van der Waals surface area contributed by atoms with Crippen molar-refractivity contribution in [2.75, 3.05) is 32.8 Å². The minimum Gasteiger partial charge on any atom is -0.481 e. The van der Waals surface area contributed by atoms with Gasteiger partial charge in [-0.1, -0.05) is 60.7 Å². The summed E-state index contributed by atoms with van der Waals surface area (Å²) in [6.45, 7) is 4.29. The van der Waals surface area contributed by atoms with Crippen molar-refractivity contribution in [2.24, 2.45) is 0 Å². The van der Waals surface area contributed by atoms with Gasteiger partial charge < -0.3 is 39.4 Å². The number of amides is 1. The molecule has 3 N–H and O–H groups in total. The molecule has 0 unspecified atom stereocenters. The van der Waals surface area contributed by atoms with Crippen molar-refractivity contribution in [3.05, 3.63) is 95.1 Å². The number of aliphatic carboxylic acids is 1. The molecule has 0 bridgehead atoms. The normalized spacial score (nSPS) is 22.5. The fourth-order valence-electron chi connectivity index (χ4n) is 6.76. The number of unbranched alkanes of at least 4 members (excludes halogenated alkanes) is 1. The van der Waals surface area contributed by atoms with Crippen LogP contribution in [0.1, 0.15) is 79.6 Å². The highest BCUT2D eigenvalue weighted by molar-refractivity contribution is 5.76. The van der Waals surface area contributed by atoms with Crippen LogP contribution in [0.4, 0.5) is 0 Å². The number of ether oxygens (including phenoxy) is 4. The lowest BCUT2D eigenvalue weighted by Gasteiger charge is -2.41. The number of carbonyl (C=O) groups excluding carboxylic acids is 1. The fraction of sp³-hybridized carbons (Fsp3) is 0.474. The number of nitrogens with zero attached hydrogens (tertiary/aromatic N) is 1. The maximum absolute atomic E-state index is 12.3. The number of carboxylic acids is 1. The summed E-state index contributed by atoms with van der Waals surface area (Å²) in [7, 11) is 0. The zero-order valence-electron chi connectivity index (χ0n) is 27.4. The van der Waals surface area contributed by atoms with E-state index in [-0.39, 0.29) is 31.1 Å². The third-order valence-electron chi connectivity index (χ3n) is 9.46. The Morgan fingerprint density at radius 3 is 2.27 bits per heavy atom. The van der Waals surface area contributed by atoms with Crippen LogP contribution in [0.2, 0.25) is 0 Å². The molecule has 256 valence electrons. The van der Waals surface area contributed by atoms with E-state index in [0.717, 1.165) is 72.3 Å². The van der Waals surface area contributed by atoms with Gasteiger partial charge in [0, 0.05) is 63.8 Å². The molecule has 3 aromatic carbocycles. The van der Waals surface area contributed by atoms with Gasteiger partial charge in [-0.25, -0.2) is 0 Å². The van der Waals surface area contributed by atoms with Gasteiger partial charge >= 0.3 is 5.97 Å². The number of piperidine rings is 1. The molecule has 48 heavy (non-hydrogen) atoms. The lowest BCUT2D eigenvalue weighted by Crippen LogP contribution is -2.48. The molecule has 0 radical (unpaired) electrons. The first-order valence-electron chi connectivity index (χ1n) is 17.1. The Morgan fingerprint density at radius 1 is 0.833 bits per heavy atom. The van der Waals surface area contributed by atoms with Crippen molar-refractivity contribution in [2.45, 2.75) is 82.4 Å². The van der Waals surface area contributed by atoms with Crippen LogP contribution in [-0.4, -0.2) is 71.7 Å². The van der Waals surface area contributed by atoms with Crippen LogP contribution < -0.4 is 5.32 Å². The maximum atomic E-state index is 12.3. The highest BCUT2D eigenvalue weighted by Crippen LogP contribution is 2.40. The Kier molecular flexibility index (Phi) is 11.5. The number of hydrogen-bond acceptors (Lipinski definition) is 8. The molecule has 10 heteroatoms. The van der Waals surface area contributed by atoms with Crippen molar-refractivity contribution in [1.29, 1.82) is 0 Å². The van der Waals surface area contributed by atoms with Crippen molar-refractivity contribution >= 4 is 11.9 Å². The summed E-state index contributed by atoms with van der Waals surface area (Å²) in [6.07, 6.45) is 3.07. The maximum Gasteiger partial charge on any atom is 0.303 e. The second kappa shape index (κ2) is 16.2. The van der Waals surface area contributed by atoms with Crippen LogP contribution in [0.25, 0.3) is 11.1 Å². The van der Waals surface area contributed by atoms with E-state index in [4.69, 9.17) is 24.1 Å². The molecule has 1 amide bonds. The highest BCUT2D eigenvalue weighted by atomic mass is 16.7. The second-order valence-electron chi connectivity index (χ2n) is 13.0. The average Bonchev–Trinajstić information content (AvgIpc) is 3.58. The Bertz CT molecular complexity index is 1510. The van der Waals surface area contributed by atoms with E-state index in [1.807, 2.05) is 54.6 Å². The highest BCUT2D eigenvalue weighted by Gasteiger charge is 2.41. The second-order valence-corrected chi connectivity index (χ2v) is 13.0. The summed E-state index contributed by atoms with van der Waals surface area (Å²) in [4.78, 5) is 25.4. The van der Waals surface area contributed by atoms with E-state index in [1.54, 1.807) is 0 Å². The summed E-state index contributed by atoms with van der Waals surface area (Å²) >= 11 is 0. The predicted molar refractivity (Wildman–Crippen MR) is 179 cm³/mol. The Labute approximate surface area is 282 Å². The first-order chi connectivity index (χ1) is 23.4. The van der Waals surface area contributed by atoms with E-state index >= 15 is 0 Å². The molecule has 10 nitrogen and oxygen atoms in total. The fourth-order valence-corrected chi connectivity index (χ4v) is 6.76. The van der Waals surface area contributed by atoms with Crippen LogP contribution in [0, 0.1) is 0 Å². The lowest BCUT2D eigenvalue weighted by atomic mass is 9.97. The Morgan fingerprint density at radius 2 is 1.54 bits per heavy atom. The van der Waals surface area contributed by atoms with E-state index in [9.17, 15) is 14.7 Å². The minimum absolute atomic E-state index is 0.000987. The van der Waals surface area contributed by atoms with Gasteiger partial charge in [0.25, 0.3) is 0 Å². The number of hydrogen-bond donors (Lipinski definition) is 3. The minimum atomic E-state index is -0.841. The summed E-state index contributed by atoms with van der Waals surface area (Å²) in [5, 5.41) is 21.3. The zero-order chi connectivity index (χ0) is 33.3. The number of nitrogens with one attached hydrogen (secondary N) is 1. The van der Waals surface area contributed by atoms with Gasteiger partial charge in [-0.15, -0.1) is 0 Å². The van der Waals surface area contributed by atoms with Crippen molar-refractivity contribution in [3.8, 4) is 11.1 Å². The molecule has 0 saturated carbocycles. The molecule has 6 rings (SSSR count). The van der Waals surface area contributed by atoms with Crippen LogP contribution in [0.3, 0.4) is 0 Å². The third-order valence-corrected chi connectivity index (χ3v) is 9.46. The van der Waals surface area contributed by atoms with Crippen molar-refractivity contribution in [3.63, 3.8) is 0 Å². The molecule has 3 aromatic rings. The van der Waals surface area contributed by atoms with Gasteiger partial charge in [0.1, 0.15) is 0 Å². The quantitative estimate of drug-likeness (QED) is 0.204. The number of likely N-dealkylation sites (tertiary alicyclic amines) is 1. The van der Waals surface area contributed by atoms with E-state index in [2.05, 4.69) is 28.4 Å². The number of aliphatic hydroxyl groups excluding tert-OH is 1. The van der Waals surface area contributed by atoms with Gasteiger partial charge in [-0.2, -0.15) is 0 Å². The third kappa shape index (κ3) is 9.07. The molecule has 1 spiro atoms. The van der Waals surface area contributed by atoms with Gasteiger partial charge in [0.15, 0.2) is 12.1 Å². The van der Waals surface area contributed by atoms with Crippen molar-refractivity contribution < 1.29 is 38.7 Å². The molecule has 3 saturated heterocycles. The van der Waals surface area contributed by atoms with Crippen LogP contribution >= 0.6 is 0 Å². The average molecular weight is 659 g/mol. The molecule has 3 aliphatic heterocycles. The van der Waals surface area contributed by atoms with Crippen LogP contribution in [0.15, 0.2) is 72.8 Å². The number of benzene rings is 3. The molecule has 0 aliphatic carbocycles. The van der Waals surface area contributed by atoms with Gasteiger partial charge in [-0.05, 0) is 52.8 Å². The summed E-state index contributed by atoms with van der Waals surface area (Å²) in [6, 6.07) is 24.3. The summed E-state index contributed by atoms with van der Waals surface area (Å²) in [5.41, 5.74) is 5.87. The Hall–Kier alpha value is -3.64. The molecule has 3 aliphatic rings. The molecule has 3 heterocycles. The van der Waals surface area contributed by atoms with Gasteiger partial charge in [0.2, 0.25) is 5.91 Å². The molecule has 3 fully saturated rings. The molecule has 3 atom stereocenters. The topological polar surface area (TPSA) is 127 Å². The summed E-state index contributed by atoms with van der Waals surface area (Å²) in [5.74, 6) is -1.34. The number of rotatable bonds is 13. The molecular weight excluding hydrogens is 612 g/mol. The van der Waals surface area contributed by atoms with Crippen LogP contribution in [0.5, 0.6) is 0 Å². The first kappa shape index (κ1) is 34.2. The largest absolute Gasteiger partial charge is 0.481 e. The van der Waals surface area contributed by atoms with Gasteiger partial charge in [0.05, 0.1) is 32.0 Å². The first-order valence-corrected chi connectivity index (χ1v) is 17.1. The number of carbonyl (C=O) groups is 2. The summed E-state index contributed by atoms with van der Waals surface area (Å²) < 4.78 is 25.2. The smallest absolute Gasteiger partial charge is 0.303 e. The molecule has 0 aromatic heterocycles.